The molecule has 210 valence electrons. The quantitative estimate of drug-likeness (QED) is 0.490. The van der Waals surface area contributed by atoms with Crippen LogP contribution in [0.25, 0.3) is 0 Å². The van der Waals surface area contributed by atoms with E-state index in [1.807, 2.05) is 11.8 Å². The molecule has 2 aromatic rings. The molecule has 2 amide bonds. The van der Waals surface area contributed by atoms with Crippen LogP contribution in [-0.2, 0) is 19.6 Å². The number of sulfonamides is 1. The summed E-state index contributed by atoms with van der Waals surface area (Å²) in [6.07, 6.45) is 3.03. The SMILES string of the molecule is CC1CN(C(=O)C2CC2)CCN1C(=O)OC[C@H]1CCC[C@@H](c2cccc(F)c2)N1S(=O)(=O)c1ccc(Cl)cc1. The van der Waals surface area contributed by atoms with Crippen molar-refractivity contribution < 1.29 is 27.1 Å². The van der Waals surface area contributed by atoms with E-state index in [1.54, 1.807) is 17.0 Å². The van der Waals surface area contributed by atoms with Crippen molar-refractivity contribution in [3.8, 4) is 0 Å². The van der Waals surface area contributed by atoms with Gasteiger partial charge in [-0.05, 0) is 81.0 Å². The van der Waals surface area contributed by atoms with Gasteiger partial charge in [-0.1, -0.05) is 23.7 Å². The van der Waals surface area contributed by atoms with Gasteiger partial charge < -0.3 is 14.5 Å². The van der Waals surface area contributed by atoms with Crippen molar-refractivity contribution in [3.63, 3.8) is 0 Å². The minimum atomic E-state index is -4.04. The lowest BCUT2D eigenvalue weighted by Gasteiger charge is -2.42. The summed E-state index contributed by atoms with van der Waals surface area (Å²) in [5.74, 6) is -0.164. The Bertz CT molecular complexity index is 1320. The number of carbonyl (C=O) groups is 2. The zero-order valence-corrected chi connectivity index (χ0v) is 23.4. The zero-order chi connectivity index (χ0) is 27.7. The number of ether oxygens (including phenoxy) is 1. The maximum Gasteiger partial charge on any atom is 0.410 e. The van der Waals surface area contributed by atoms with Crippen LogP contribution in [0.4, 0.5) is 9.18 Å². The number of hydrogen-bond donors (Lipinski definition) is 0. The standard InChI is InChI=1S/C28H33ClFN3O5S/c1-19-17-31(27(34)20-8-9-20)14-15-32(19)28(35)38-18-24-6-3-7-26(21-4-2-5-23(30)16-21)33(24)39(36,37)25-12-10-22(29)11-13-25/h2,4-5,10-13,16,19-20,24,26H,3,6-9,14-15,17-18H2,1H3/t19?,24-,26+/m1/s1. The average Bonchev–Trinajstić information content (AvgIpc) is 3.77. The van der Waals surface area contributed by atoms with Crippen LogP contribution in [0, 0.1) is 11.7 Å². The number of hydrogen-bond acceptors (Lipinski definition) is 5. The van der Waals surface area contributed by atoms with Crippen molar-refractivity contribution in [2.45, 2.75) is 62.0 Å². The summed E-state index contributed by atoms with van der Waals surface area (Å²) < 4.78 is 49.1. The number of nitrogens with zero attached hydrogens (tertiary/aromatic N) is 3. The zero-order valence-electron chi connectivity index (χ0n) is 21.8. The fourth-order valence-electron chi connectivity index (χ4n) is 5.60. The normalized spacial score (nSPS) is 24.4. The molecule has 11 heteroatoms. The number of rotatable bonds is 6. The van der Waals surface area contributed by atoms with Crippen molar-refractivity contribution in [2.24, 2.45) is 5.92 Å². The first-order chi connectivity index (χ1) is 18.6. The van der Waals surface area contributed by atoms with E-state index < -0.39 is 34.0 Å². The van der Waals surface area contributed by atoms with E-state index in [4.69, 9.17) is 16.3 Å². The largest absolute Gasteiger partial charge is 0.448 e. The van der Waals surface area contributed by atoms with Gasteiger partial charge in [0, 0.05) is 36.6 Å². The maximum absolute atomic E-state index is 14.1. The lowest BCUT2D eigenvalue weighted by molar-refractivity contribution is -0.135. The van der Waals surface area contributed by atoms with E-state index in [9.17, 15) is 22.4 Å². The summed E-state index contributed by atoms with van der Waals surface area (Å²) in [5.41, 5.74) is 0.550. The third-order valence-electron chi connectivity index (χ3n) is 7.80. The molecule has 0 aromatic heterocycles. The maximum atomic E-state index is 14.1. The molecule has 1 saturated carbocycles. The van der Waals surface area contributed by atoms with Crippen LogP contribution < -0.4 is 0 Å². The monoisotopic (exact) mass is 577 g/mol. The third-order valence-corrected chi connectivity index (χ3v) is 10.0. The number of piperidine rings is 1. The highest BCUT2D eigenvalue weighted by atomic mass is 35.5. The highest BCUT2D eigenvalue weighted by Gasteiger charge is 2.42. The molecule has 2 heterocycles. The number of halogens is 2. The Kier molecular flexibility index (Phi) is 8.16. The van der Waals surface area contributed by atoms with Crippen LogP contribution in [0.2, 0.25) is 5.02 Å². The van der Waals surface area contributed by atoms with E-state index in [0.717, 1.165) is 12.8 Å². The van der Waals surface area contributed by atoms with Crippen LogP contribution in [0.5, 0.6) is 0 Å². The minimum Gasteiger partial charge on any atom is -0.448 e. The highest BCUT2D eigenvalue weighted by Crippen LogP contribution is 2.39. The minimum absolute atomic E-state index is 0.0663. The second kappa shape index (κ2) is 11.4. The first kappa shape index (κ1) is 27.9. The van der Waals surface area contributed by atoms with Crippen molar-refractivity contribution in [2.75, 3.05) is 26.2 Å². The topological polar surface area (TPSA) is 87.2 Å². The summed E-state index contributed by atoms with van der Waals surface area (Å²) >= 11 is 6.00. The van der Waals surface area contributed by atoms with E-state index in [2.05, 4.69) is 0 Å². The van der Waals surface area contributed by atoms with Crippen molar-refractivity contribution >= 4 is 33.6 Å². The molecule has 0 bridgehead atoms. The van der Waals surface area contributed by atoms with E-state index in [-0.39, 0.29) is 29.4 Å². The van der Waals surface area contributed by atoms with Crippen LogP contribution in [0.1, 0.15) is 50.6 Å². The number of carbonyl (C=O) groups excluding carboxylic acids is 2. The predicted molar refractivity (Wildman–Crippen MR) is 144 cm³/mol. The van der Waals surface area contributed by atoms with Gasteiger partial charge in [-0.15, -0.1) is 0 Å². The lowest BCUT2D eigenvalue weighted by atomic mass is 9.93. The lowest BCUT2D eigenvalue weighted by Crippen LogP contribution is -2.56. The van der Waals surface area contributed by atoms with Gasteiger partial charge in [-0.2, -0.15) is 4.31 Å². The Morgan fingerprint density at radius 1 is 1.05 bits per heavy atom. The molecule has 3 atom stereocenters. The summed E-state index contributed by atoms with van der Waals surface area (Å²) in [4.78, 5) is 29.0. The van der Waals surface area contributed by atoms with Crippen LogP contribution in [0.15, 0.2) is 53.4 Å². The molecule has 0 spiro atoms. The molecule has 1 unspecified atom stereocenters. The highest BCUT2D eigenvalue weighted by molar-refractivity contribution is 7.89. The van der Waals surface area contributed by atoms with E-state index in [0.29, 0.717) is 49.5 Å². The first-order valence-corrected chi connectivity index (χ1v) is 15.2. The Hall–Kier alpha value is -2.69. The molecule has 1 aliphatic carbocycles. The number of amides is 2. The van der Waals surface area contributed by atoms with Gasteiger partial charge in [-0.25, -0.2) is 17.6 Å². The summed E-state index contributed by atoms with van der Waals surface area (Å²) in [6, 6.07) is 10.4. The molecule has 2 aliphatic heterocycles. The molecule has 3 fully saturated rings. The molecule has 0 N–H and O–H groups in total. The van der Waals surface area contributed by atoms with Gasteiger partial charge in [-0.3, -0.25) is 4.79 Å². The van der Waals surface area contributed by atoms with Crippen molar-refractivity contribution in [1.82, 2.24) is 14.1 Å². The first-order valence-electron chi connectivity index (χ1n) is 13.4. The Morgan fingerprint density at radius 3 is 2.46 bits per heavy atom. The molecule has 3 aliphatic rings. The van der Waals surface area contributed by atoms with Gasteiger partial charge in [0.25, 0.3) is 0 Å². The summed E-state index contributed by atoms with van der Waals surface area (Å²) in [6.45, 7) is 3.02. The Labute approximate surface area is 233 Å². The smallest absolute Gasteiger partial charge is 0.410 e. The molecular formula is C28H33ClFN3O5S. The van der Waals surface area contributed by atoms with Crippen molar-refractivity contribution in [1.29, 1.82) is 0 Å². The Morgan fingerprint density at radius 2 is 1.79 bits per heavy atom. The fraction of sp³-hybridized carbons (Fsp3) is 0.500. The second-order valence-corrected chi connectivity index (χ2v) is 12.9. The summed E-state index contributed by atoms with van der Waals surface area (Å²) in [7, 11) is -4.04. The molecule has 2 aromatic carbocycles. The van der Waals surface area contributed by atoms with Gasteiger partial charge in [0.15, 0.2) is 0 Å². The summed E-state index contributed by atoms with van der Waals surface area (Å²) in [5, 5.41) is 0.410. The van der Waals surface area contributed by atoms with Crippen LogP contribution in [-0.4, -0.2) is 72.8 Å². The molecule has 0 radical (unpaired) electrons. The van der Waals surface area contributed by atoms with E-state index >= 15 is 0 Å². The van der Waals surface area contributed by atoms with E-state index in [1.165, 1.54) is 40.7 Å². The second-order valence-electron chi connectivity index (χ2n) is 10.6. The third kappa shape index (κ3) is 6.07. The molecular weight excluding hydrogens is 545 g/mol. The number of benzene rings is 2. The van der Waals surface area contributed by atoms with Gasteiger partial charge >= 0.3 is 6.09 Å². The van der Waals surface area contributed by atoms with Gasteiger partial charge in [0.2, 0.25) is 15.9 Å². The predicted octanol–water partition coefficient (Wildman–Crippen LogP) is 4.84. The number of piperazine rings is 1. The van der Waals surface area contributed by atoms with Gasteiger partial charge in [0.05, 0.1) is 17.0 Å². The fourth-order valence-corrected chi connectivity index (χ4v) is 7.57. The molecule has 39 heavy (non-hydrogen) atoms. The Balaban J connectivity index is 1.34. The van der Waals surface area contributed by atoms with Crippen LogP contribution >= 0.6 is 11.6 Å². The molecule has 8 nitrogen and oxygen atoms in total. The van der Waals surface area contributed by atoms with Crippen molar-refractivity contribution in [3.05, 3.63) is 64.9 Å². The molecule has 2 saturated heterocycles. The van der Waals surface area contributed by atoms with Gasteiger partial charge in [0.1, 0.15) is 12.4 Å². The average molecular weight is 578 g/mol. The molecule has 5 rings (SSSR count). The van der Waals surface area contributed by atoms with Crippen LogP contribution in [0.3, 0.4) is 0 Å².